The third-order valence-electron chi connectivity index (χ3n) is 5.17. The molecule has 0 atom stereocenters. The molecule has 1 aromatic rings. The van der Waals surface area contributed by atoms with Crippen LogP contribution in [0.1, 0.15) is 81.9 Å². The number of rotatable bonds is 5. The Morgan fingerprint density at radius 1 is 1.29 bits per heavy atom. The first-order chi connectivity index (χ1) is 12.7. The van der Waals surface area contributed by atoms with E-state index in [2.05, 4.69) is 10.4 Å². The third-order valence-corrected chi connectivity index (χ3v) is 5.17. The van der Waals surface area contributed by atoms with Crippen LogP contribution >= 0.6 is 0 Å². The number of carbonyl (C=O) groups is 2. The van der Waals surface area contributed by atoms with E-state index in [1.54, 1.807) is 0 Å². The predicted molar refractivity (Wildman–Crippen MR) is 96.9 cm³/mol. The molecule has 28 heavy (non-hydrogen) atoms. The molecule has 1 aromatic heterocycles. The maximum absolute atomic E-state index is 13.7. The van der Waals surface area contributed by atoms with Gasteiger partial charge >= 0.3 is 12.1 Å². The van der Waals surface area contributed by atoms with Gasteiger partial charge in [-0.05, 0) is 36.5 Å². The Labute approximate surface area is 162 Å². The van der Waals surface area contributed by atoms with E-state index in [0.29, 0.717) is 25.7 Å². The summed E-state index contributed by atoms with van der Waals surface area (Å²) >= 11 is 0. The smallest absolute Gasteiger partial charge is 0.433 e. The Hall–Kier alpha value is -2.06. The van der Waals surface area contributed by atoms with Gasteiger partial charge in [0.2, 0.25) is 0 Å². The van der Waals surface area contributed by atoms with Crippen molar-refractivity contribution in [2.24, 2.45) is 10.8 Å². The standard InChI is InChI=1S/C19H28F3N3O3/c1-17(2,3)11-23-16(28)13-10-24-25(15(13)19(20,21)22)12-5-7-18(4,8-6-12)9-14(26)27/h10,12H,5-9,11H2,1-4H3,(H,23,28)(H,26,27). The monoisotopic (exact) mass is 403 g/mol. The highest BCUT2D eigenvalue weighted by atomic mass is 19.4. The lowest BCUT2D eigenvalue weighted by molar-refractivity contribution is -0.145. The number of aromatic nitrogens is 2. The number of alkyl halides is 3. The summed E-state index contributed by atoms with van der Waals surface area (Å²) in [6.07, 6.45) is -1.99. The summed E-state index contributed by atoms with van der Waals surface area (Å²) in [6.45, 7) is 7.70. The van der Waals surface area contributed by atoms with Gasteiger partial charge in [-0.2, -0.15) is 18.3 Å². The second kappa shape index (κ2) is 7.75. The van der Waals surface area contributed by atoms with Crippen molar-refractivity contribution in [2.75, 3.05) is 6.54 Å². The van der Waals surface area contributed by atoms with Crippen LogP contribution in [-0.2, 0) is 11.0 Å². The van der Waals surface area contributed by atoms with Crippen LogP contribution in [0.5, 0.6) is 0 Å². The number of hydrogen-bond acceptors (Lipinski definition) is 3. The molecule has 9 heteroatoms. The number of aliphatic carboxylic acids is 1. The van der Waals surface area contributed by atoms with Gasteiger partial charge in [0.05, 0.1) is 24.2 Å². The van der Waals surface area contributed by atoms with Crippen LogP contribution in [-0.4, -0.2) is 33.3 Å². The minimum Gasteiger partial charge on any atom is -0.481 e. The average Bonchev–Trinajstić information content (AvgIpc) is 2.96. The average molecular weight is 403 g/mol. The molecule has 1 fully saturated rings. The van der Waals surface area contributed by atoms with Crippen molar-refractivity contribution in [3.8, 4) is 0 Å². The number of halogens is 3. The topological polar surface area (TPSA) is 84.2 Å². The molecule has 1 saturated carbocycles. The van der Waals surface area contributed by atoms with Crippen molar-refractivity contribution < 1.29 is 27.9 Å². The van der Waals surface area contributed by atoms with Gasteiger partial charge in [-0.15, -0.1) is 0 Å². The first-order valence-electron chi connectivity index (χ1n) is 9.37. The highest BCUT2D eigenvalue weighted by Gasteiger charge is 2.43. The molecule has 1 aliphatic carbocycles. The fourth-order valence-electron chi connectivity index (χ4n) is 3.61. The number of amides is 1. The van der Waals surface area contributed by atoms with E-state index >= 15 is 0 Å². The van der Waals surface area contributed by atoms with Crippen LogP contribution in [0.3, 0.4) is 0 Å². The minimum absolute atomic E-state index is 0.00852. The molecule has 1 aliphatic rings. The molecule has 0 aromatic carbocycles. The molecule has 0 bridgehead atoms. The largest absolute Gasteiger partial charge is 0.481 e. The van der Waals surface area contributed by atoms with Gasteiger partial charge in [0.1, 0.15) is 0 Å². The second-order valence-corrected chi connectivity index (χ2v) is 9.20. The van der Waals surface area contributed by atoms with Crippen molar-refractivity contribution >= 4 is 11.9 Å². The van der Waals surface area contributed by atoms with Crippen molar-refractivity contribution in [1.82, 2.24) is 15.1 Å². The van der Waals surface area contributed by atoms with Crippen LogP contribution in [0.15, 0.2) is 6.20 Å². The van der Waals surface area contributed by atoms with Crippen LogP contribution in [0.2, 0.25) is 0 Å². The van der Waals surface area contributed by atoms with Gasteiger partial charge in [0.15, 0.2) is 5.69 Å². The van der Waals surface area contributed by atoms with E-state index in [1.165, 1.54) is 0 Å². The summed E-state index contributed by atoms with van der Waals surface area (Å²) in [6, 6.07) is -0.511. The highest BCUT2D eigenvalue weighted by molar-refractivity contribution is 5.95. The summed E-state index contributed by atoms with van der Waals surface area (Å²) < 4.78 is 42.1. The zero-order valence-electron chi connectivity index (χ0n) is 16.7. The molecular formula is C19H28F3N3O3. The summed E-state index contributed by atoms with van der Waals surface area (Å²) in [5.41, 5.74) is -2.20. The van der Waals surface area contributed by atoms with Crippen molar-refractivity contribution in [3.05, 3.63) is 17.5 Å². The summed E-state index contributed by atoms with van der Waals surface area (Å²) in [7, 11) is 0. The van der Waals surface area contributed by atoms with Gasteiger partial charge in [-0.25, -0.2) is 0 Å². The fourth-order valence-corrected chi connectivity index (χ4v) is 3.61. The lowest BCUT2D eigenvalue weighted by Crippen LogP contribution is -2.34. The van der Waals surface area contributed by atoms with E-state index in [-0.39, 0.29) is 18.4 Å². The SMILES string of the molecule is CC(C)(C)CNC(=O)c1cnn(C2CCC(C)(CC(=O)O)CC2)c1C(F)(F)F. The van der Waals surface area contributed by atoms with Crippen LogP contribution in [0.4, 0.5) is 13.2 Å². The molecule has 0 saturated heterocycles. The first kappa shape index (κ1) is 22.2. The van der Waals surface area contributed by atoms with E-state index in [1.807, 2.05) is 27.7 Å². The van der Waals surface area contributed by atoms with Crippen molar-refractivity contribution in [1.29, 1.82) is 0 Å². The highest BCUT2D eigenvalue weighted by Crippen LogP contribution is 2.44. The van der Waals surface area contributed by atoms with Crippen LogP contribution in [0, 0.1) is 10.8 Å². The van der Waals surface area contributed by atoms with Gasteiger partial charge in [-0.1, -0.05) is 27.7 Å². The number of carbonyl (C=O) groups excluding carboxylic acids is 1. The summed E-state index contributed by atoms with van der Waals surface area (Å²) in [4.78, 5) is 23.4. The zero-order valence-corrected chi connectivity index (χ0v) is 16.7. The Morgan fingerprint density at radius 2 is 1.86 bits per heavy atom. The maximum Gasteiger partial charge on any atom is 0.433 e. The number of carboxylic acids is 1. The molecular weight excluding hydrogens is 375 g/mol. The molecule has 1 amide bonds. The number of hydrogen-bond donors (Lipinski definition) is 2. The first-order valence-corrected chi connectivity index (χ1v) is 9.37. The lowest BCUT2D eigenvalue weighted by atomic mass is 9.72. The maximum atomic E-state index is 13.7. The second-order valence-electron chi connectivity index (χ2n) is 9.20. The minimum atomic E-state index is -4.72. The Balaban J connectivity index is 2.23. The van der Waals surface area contributed by atoms with Crippen LogP contribution in [0.25, 0.3) is 0 Å². The molecule has 1 heterocycles. The van der Waals surface area contributed by atoms with Crippen molar-refractivity contribution in [2.45, 2.75) is 72.0 Å². The van der Waals surface area contributed by atoms with Crippen molar-refractivity contribution in [3.63, 3.8) is 0 Å². The number of nitrogens with one attached hydrogen (secondary N) is 1. The molecule has 0 unspecified atom stereocenters. The fraction of sp³-hybridized carbons (Fsp3) is 0.737. The molecule has 158 valence electrons. The summed E-state index contributed by atoms with van der Waals surface area (Å²) in [5.74, 6) is -1.70. The normalized spacial score (nSPS) is 23.5. The van der Waals surface area contributed by atoms with E-state index < -0.39 is 40.8 Å². The number of carboxylic acid groups (broad SMARTS) is 1. The van der Waals surface area contributed by atoms with E-state index in [4.69, 9.17) is 5.11 Å². The number of nitrogens with zero attached hydrogens (tertiary/aromatic N) is 2. The molecule has 2 rings (SSSR count). The predicted octanol–water partition coefficient (Wildman–Crippen LogP) is 4.27. The molecule has 2 N–H and O–H groups in total. The third kappa shape index (κ3) is 5.48. The Morgan fingerprint density at radius 3 is 2.32 bits per heavy atom. The molecule has 0 radical (unpaired) electrons. The van der Waals surface area contributed by atoms with Gasteiger partial charge in [-0.3, -0.25) is 14.3 Å². The zero-order chi connectivity index (χ0) is 21.3. The van der Waals surface area contributed by atoms with Crippen LogP contribution < -0.4 is 5.32 Å². The van der Waals surface area contributed by atoms with Gasteiger partial charge in [0, 0.05) is 6.54 Å². The molecule has 0 aliphatic heterocycles. The summed E-state index contributed by atoms with van der Waals surface area (Å²) in [5, 5.41) is 15.5. The van der Waals surface area contributed by atoms with E-state index in [9.17, 15) is 22.8 Å². The Bertz CT molecular complexity index is 727. The van der Waals surface area contributed by atoms with Gasteiger partial charge < -0.3 is 10.4 Å². The van der Waals surface area contributed by atoms with Gasteiger partial charge in [0.25, 0.3) is 5.91 Å². The lowest BCUT2D eigenvalue weighted by Gasteiger charge is -2.37. The molecule has 6 nitrogen and oxygen atoms in total. The quantitative estimate of drug-likeness (QED) is 0.769. The molecule has 0 spiro atoms. The van der Waals surface area contributed by atoms with E-state index in [0.717, 1.165) is 10.9 Å². The Kier molecular flexibility index (Phi) is 6.16.